The maximum Gasteiger partial charge on any atom is 0.323 e. The smallest absolute Gasteiger partial charge is 0.323 e. The summed E-state index contributed by atoms with van der Waals surface area (Å²) in [6, 6.07) is 24.7. The van der Waals surface area contributed by atoms with Crippen LogP contribution in [0.2, 0.25) is 0 Å². The van der Waals surface area contributed by atoms with Crippen molar-refractivity contribution in [1.82, 2.24) is 0 Å². The molecule has 0 bridgehead atoms. The fourth-order valence-corrected chi connectivity index (χ4v) is 2.98. The summed E-state index contributed by atoms with van der Waals surface area (Å²) in [5, 5.41) is 0. The van der Waals surface area contributed by atoms with Crippen molar-refractivity contribution in [2.45, 2.75) is 32.6 Å². The third kappa shape index (κ3) is 6.36. The summed E-state index contributed by atoms with van der Waals surface area (Å²) in [4.78, 5) is 11.9. The molecule has 0 aliphatic rings. The molecule has 3 rings (SSSR count). The molecule has 0 aliphatic heterocycles. The van der Waals surface area contributed by atoms with Crippen LogP contribution in [0.5, 0.6) is 11.5 Å². The van der Waals surface area contributed by atoms with Crippen LogP contribution in [0, 0.1) is 0 Å². The molecule has 5 heteroatoms. The summed E-state index contributed by atoms with van der Waals surface area (Å²) < 4.78 is 17.0. The van der Waals surface area contributed by atoms with Gasteiger partial charge < -0.3 is 19.9 Å². The molecule has 1 atom stereocenters. The second kappa shape index (κ2) is 11.0. The Morgan fingerprint density at radius 2 is 1.57 bits per heavy atom. The van der Waals surface area contributed by atoms with E-state index in [1.54, 1.807) is 6.92 Å². The molecule has 0 heterocycles. The van der Waals surface area contributed by atoms with Crippen LogP contribution in [0.25, 0.3) is 0 Å². The average molecular weight is 405 g/mol. The lowest BCUT2D eigenvalue weighted by Crippen LogP contribution is -2.34. The quantitative estimate of drug-likeness (QED) is 0.510. The van der Waals surface area contributed by atoms with Gasteiger partial charge in [-0.15, -0.1) is 0 Å². The molecule has 0 saturated heterocycles. The number of benzene rings is 3. The molecule has 5 nitrogen and oxygen atoms in total. The van der Waals surface area contributed by atoms with Crippen LogP contribution in [0.3, 0.4) is 0 Å². The van der Waals surface area contributed by atoms with Gasteiger partial charge in [0.15, 0.2) is 0 Å². The van der Waals surface area contributed by atoms with Gasteiger partial charge in [0, 0.05) is 5.56 Å². The van der Waals surface area contributed by atoms with E-state index in [-0.39, 0.29) is 0 Å². The normalized spacial score (nSPS) is 11.5. The summed E-state index contributed by atoms with van der Waals surface area (Å²) in [7, 11) is 0. The number of rotatable bonds is 10. The molecule has 30 heavy (non-hydrogen) atoms. The maximum atomic E-state index is 11.9. The van der Waals surface area contributed by atoms with E-state index in [1.807, 2.05) is 78.9 Å². The van der Waals surface area contributed by atoms with Gasteiger partial charge in [-0.1, -0.05) is 60.7 Å². The van der Waals surface area contributed by atoms with E-state index < -0.39 is 12.0 Å². The highest BCUT2D eigenvalue weighted by Crippen LogP contribution is 2.24. The summed E-state index contributed by atoms with van der Waals surface area (Å²) in [6.07, 6.45) is 0.375. The van der Waals surface area contributed by atoms with Crippen LogP contribution in [-0.4, -0.2) is 18.6 Å². The van der Waals surface area contributed by atoms with E-state index >= 15 is 0 Å². The van der Waals surface area contributed by atoms with Gasteiger partial charge in [0.25, 0.3) is 0 Å². The highest BCUT2D eigenvalue weighted by atomic mass is 16.5. The SMILES string of the molecule is CCOC(=O)[C@@H](N)Cc1ccc(COc2ccccc2)c(OCc2ccccc2)c1. The lowest BCUT2D eigenvalue weighted by Gasteiger charge is -2.16. The Bertz CT molecular complexity index is 928. The lowest BCUT2D eigenvalue weighted by atomic mass is 10.0. The van der Waals surface area contributed by atoms with Crippen LogP contribution in [0.1, 0.15) is 23.6 Å². The Balaban J connectivity index is 1.75. The molecular weight excluding hydrogens is 378 g/mol. The number of nitrogens with two attached hydrogens (primary N) is 1. The first-order valence-electron chi connectivity index (χ1n) is 10.0. The van der Waals surface area contributed by atoms with Crippen LogP contribution in [-0.2, 0) is 29.2 Å². The maximum absolute atomic E-state index is 11.9. The van der Waals surface area contributed by atoms with Crippen molar-refractivity contribution < 1.29 is 19.0 Å². The molecule has 0 spiro atoms. The fraction of sp³-hybridized carbons (Fsp3) is 0.240. The van der Waals surface area contributed by atoms with Gasteiger partial charge >= 0.3 is 5.97 Å². The van der Waals surface area contributed by atoms with Gasteiger partial charge in [0.05, 0.1) is 6.61 Å². The number of ether oxygens (including phenoxy) is 3. The van der Waals surface area contributed by atoms with Crippen molar-refractivity contribution in [3.8, 4) is 11.5 Å². The van der Waals surface area contributed by atoms with Crippen LogP contribution in [0.4, 0.5) is 0 Å². The molecule has 3 aromatic rings. The first-order chi connectivity index (χ1) is 14.7. The molecule has 2 N–H and O–H groups in total. The van der Waals surface area contributed by atoms with Crippen molar-refractivity contribution in [3.05, 3.63) is 95.6 Å². The van der Waals surface area contributed by atoms with Crippen molar-refractivity contribution in [1.29, 1.82) is 0 Å². The molecule has 0 amide bonds. The zero-order valence-electron chi connectivity index (χ0n) is 17.1. The summed E-state index contributed by atoms with van der Waals surface area (Å²) in [6.45, 7) is 2.89. The summed E-state index contributed by atoms with van der Waals surface area (Å²) in [5.74, 6) is 1.10. The molecule has 0 unspecified atom stereocenters. The molecule has 0 radical (unpaired) electrons. The standard InChI is InChI=1S/C25H27NO4/c1-2-28-25(27)23(26)15-20-13-14-21(18-29-22-11-7-4-8-12-22)24(16-20)30-17-19-9-5-3-6-10-19/h3-14,16,23H,2,15,17-18,26H2,1H3/t23-/m0/s1. The van der Waals surface area contributed by atoms with Crippen LogP contribution in [0.15, 0.2) is 78.9 Å². The Hall–Kier alpha value is -3.31. The molecule has 0 fully saturated rings. The average Bonchev–Trinajstić information content (AvgIpc) is 2.78. The molecule has 0 aromatic heterocycles. The van der Waals surface area contributed by atoms with E-state index in [4.69, 9.17) is 19.9 Å². The first-order valence-corrected chi connectivity index (χ1v) is 10.0. The fourth-order valence-electron chi connectivity index (χ4n) is 2.98. The van der Waals surface area contributed by atoms with Crippen molar-refractivity contribution in [3.63, 3.8) is 0 Å². The van der Waals surface area contributed by atoms with Gasteiger partial charge in [-0.2, -0.15) is 0 Å². The third-order valence-corrected chi connectivity index (χ3v) is 4.55. The van der Waals surface area contributed by atoms with Crippen molar-refractivity contribution in [2.75, 3.05) is 6.61 Å². The Kier molecular flexibility index (Phi) is 7.86. The lowest BCUT2D eigenvalue weighted by molar-refractivity contribution is -0.144. The number of para-hydroxylation sites is 1. The number of esters is 1. The van der Waals surface area contributed by atoms with Gasteiger partial charge in [0.1, 0.15) is 30.8 Å². The zero-order valence-corrected chi connectivity index (χ0v) is 17.1. The van der Waals surface area contributed by atoms with E-state index in [9.17, 15) is 4.79 Å². The van der Waals surface area contributed by atoms with Gasteiger partial charge in [0.2, 0.25) is 0 Å². The summed E-state index contributed by atoms with van der Waals surface area (Å²) >= 11 is 0. The highest BCUT2D eigenvalue weighted by molar-refractivity contribution is 5.75. The number of hydrogen-bond acceptors (Lipinski definition) is 5. The van der Waals surface area contributed by atoms with E-state index in [0.29, 0.717) is 32.0 Å². The largest absolute Gasteiger partial charge is 0.489 e. The summed E-state index contributed by atoms with van der Waals surface area (Å²) in [5.41, 5.74) is 8.88. The number of hydrogen-bond donors (Lipinski definition) is 1. The van der Waals surface area contributed by atoms with Gasteiger partial charge in [-0.05, 0) is 42.7 Å². The zero-order chi connectivity index (χ0) is 21.2. The second-order valence-corrected chi connectivity index (χ2v) is 6.88. The Morgan fingerprint density at radius 1 is 0.867 bits per heavy atom. The van der Waals surface area contributed by atoms with Gasteiger partial charge in [-0.25, -0.2) is 0 Å². The molecular formula is C25H27NO4. The molecule has 0 saturated carbocycles. The second-order valence-electron chi connectivity index (χ2n) is 6.88. The van der Waals surface area contributed by atoms with E-state index in [0.717, 1.165) is 22.4 Å². The van der Waals surface area contributed by atoms with Crippen LogP contribution < -0.4 is 15.2 Å². The highest BCUT2D eigenvalue weighted by Gasteiger charge is 2.16. The van der Waals surface area contributed by atoms with E-state index in [1.165, 1.54) is 0 Å². The Labute approximate surface area is 177 Å². The van der Waals surface area contributed by atoms with Crippen molar-refractivity contribution in [2.24, 2.45) is 5.73 Å². The van der Waals surface area contributed by atoms with Crippen LogP contribution >= 0.6 is 0 Å². The van der Waals surface area contributed by atoms with Gasteiger partial charge in [-0.3, -0.25) is 4.79 Å². The number of carbonyl (C=O) groups excluding carboxylic acids is 1. The topological polar surface area (TPSA) is 70.8 Å². The molecule has 3 aromatic carbocycles. The monoisotopic (exact) mass is 405 g/mol. The molecule has 156 valence electrons. The minimum Gasteiger partial charge on any atom is -0.489 e. The Morgan fingerprint density at radius 3 is 2.27 bits per heavy atom. The third-order valence-electron chi connectivity index (χ3n) is 4.55. The first kappa shape index (κ1) is 21.4. The predicted molar refractivity (Wildman–Crippen MR) is 116 cm³/mol. The molecule has 0 aliphatic carbocycles. The number of carbonyl (C=O) groups is 1. The predicted octanol–water partition coefficient (Wildman–Crippen LogP) is 4.28. The van der Waals surface area contributed by atoms with Crippen molar-refractivity contribution >= 4 is 5.97 Å². The minimum absolute atomic E-state index is 0.313. The minimum atomic E-state index is -0.710. The van der Waals surface area contributed by atoms with E-state index in [2.05, 4.69) is 0 Å².